The number of nitrogens with two attached hydrogens (primary N) is 1. The van der Waals surface area contributed by atoms with Gasteiger partial charge in [0.05, 0.1) is 0 Å². The second-order valence-electron chi connectivity index (χ2n) is 3.76. The summed E-state index contributed by atoms with van der Waals surface area (Å²) in [6.07, 6.45) is 3.14. The Balaban J connectivity index is 2.68. The van der Waals surface area contributed by atoms with Gasteiger partial charge in [-0.1, -0.05) is 29.8 Å². The van der Waals surface area contributed by atoms with E-state index in [9.17, 15) is 0 Å². The van der Waals surface area contributed by atoms with Crippen molar-refractivity contribution in [3.05, 3.63) is 47.5 Å². The number of rotatable bonds is 5. The van der Waals surface area contributed by atoms with Gasteiger partial charge in [-0.3, -0.25) is 0 Å². The van der Waals surface area contributed by atoms with E-state index in [0.717, 1.165) is 25.8 Å². The van der Waals surface area contributed by atoms with E-state index in [0.29, 0.717) is 0 Å². The smallest absolute Gasteiger partial charge is 0.00366 e. The van der Waals surface area contributed by atoms with Crippen molar-refractivity contribution in [2.24, 2.45) is 5.73 Å². The summed E-state index contributed by atoms with van der Waals surface area (Å²) >= 11 is 0. The first-order valence-electron chi connectivity index (χ1n) is 5.15. The molecule has 1 nitrogen and oxygen atoms in total. The monoisotopic (exact) mass is 189 g/mol. The first-order valence-corrected chi connectivity index (χ1v) is 5.15. The van der Waals surface area contributed by atoms with Crippen molar-refractivity contribution in [3.63, 3.8) is 0 Å². The molecule has 0 heterocycles. The minimum absolute atomic E-state index is 0.726. The van der Waals surface area contributed by atoms with Gasteiger partial charge in [0.1, 0.15) is 0 Å². The van der Waals surface area contributed by atoms with Gasteiger partial charge in [-0.25, -0.2) is 0 Å². The lowest BCUT2D eigenvalue weighted by Gasteiger charge is -2.07. The van der Waals surface area contributed by atoms with Crippen molar-refractivity contribution < 1.29 is 0 Å². The molecule has 0 unspecified atom stereocenters. The predicted molar refractivity (Wildman–Crippen MR) is 62.3 cm³/mol. The highest BCUT2D eigenvalue weighted by Gasteiger charge is 2.00. The minimum atomic E-state index is 0.726. The molecule has 0 radical (unpaired) electrons. The van der Waals surface area contributed by atoms with E-state index < -0.39 is 0 Å². The van der Waals surface area contributed by atoms with E-state index in [-0.39, 0.29) is 0 Å². The molecule has 1 heteroatoms. The predicted octanol–water partition coefficient (Wildman–Crippen LogP) is 2.70. The molecule has 1 aromatic rings. The van der Waals surface area contributed by atoms with E-state index in [1.807, 2.05) is 0 Å². The van der Waals surface area contributed by atoms with E-state index in [4.69, 9.17) is 5.73 Å². The summed E-state index contributed by atoms with van der Waals surface area (Å²) in [4.78, 5) is 0. The first-order chi connectivity index (χ1) is 6.74. The van der Waals surface area contributed by atoms with Crippen molar-refractivity contribution in [2.75, 3.05) is 6.54 Å². The second-order valence-corrected chi connectivity index (χ2v) is 3.76. The normalized spacial score (nSPS) is 10.1. The maximum Gasteiger partial charge on any atom is -0.00366 e. The molecule has 1 aromatic carbocycles. The molecule has 1 rings (SSSR count). The lowest BCUT2D eigenvalue weighted by Crippen LogP contribution is -2.05. The Kier molecular flexibility index (Phi) is 4.41. The SMILES string of the molecule is C=C(C)CCc1ccccc1CCN. The Morgan fingerprint density at radius 2 is 1.79 bits per heavy atom. The van der Waals surface area contributed by atoms with Gasteiger partial charge >= 0.3 is 0 Å². The molecule has 0 aliphatic heterocycles. The van der Waals surface area contributed by atoms with Gasteiger partial charge in [0, 0.05) is 0 Å². The highest BCUT2D eigenvalue weighted by Crippen LogP contribution is 2.13. The second kappa shape index (κ2) is 5.61. The van der Waals surface area contributed by atoms with Crippen LogP contribution < -0.4 is 5.73 Å². The zero-order valence-corrected chi connectivity index (χ0v) is 8.92. The summed E-state index contributed by atoms with van der Waals surface area (Å²) in [5.74, 6) is 0. The van der Waals surface area contributed by atoms with Gasteiger partial charge in [0.15, 0.2) is 0 Å². The van der Waals surface area contributed by atoms with E-state index >= 15 is 0 Å². The molecule has 0 fully saturated rings. The maximum atomic E-state index is 5.57. The molecule has 0 aromatic heterocycles. The highest BCUT2D eigenvalue weighted by atomic mass is 14.5. The lowest BCUT2D eigenvalue weighted by atomic mass is 9.99. The fraction of sp³-hybridized carbons (Fsp3) is 0.385. The van der Waals surface area contributed by atoms with Crippen LogP contribution in [0.25, 0.3) is 0 Å². The number of hydrogen-bond donors (Lipinski definition) is 1. The maximum absolute atomic E-state index is 5.57. The van der Waals surface area contributed by atoms with E-state index in [1.165, 1.54) is 16.7 Å². The molecular formula is C13H19N. The van der Waals surface area contributed by atoms with E-state index in [1.54, 1.807) is 0 Å². The Morgan fingerprint density at radius 1 is 1.21 bits per heavy atom. The number of aryl methyl sites for hydroxylation is 1. The molecule has 0 aliphatic rings. The third-order valence-corrected chi connectivity index (χ3v) is 2.35. The number of hydrogen-bond acceptors (Lipinski definition) is 1. The molecule has 2 N–H and O–H groups in total. The zero-order valence-electron chi connectivity index (χ0n) is 8.92. The van der Waals surface area contributed by atoms with Crippen LogP contribution >= 0.6 is 0 Å². The average Bonchev–Trinajstić information content (AvgIpc) is 2.17. The minimum Gasteiger partial charge on any atom is -0.330 e. The molecule has 76 valence electrons. The zero-order chi connectivity index (χ0) is 10.4. The molecule has 0 atom stereocenters. The van der Waals surface area contributed by atoms with Crippen LogP contribution in [0.4, 0.5) is 0 Å². The Labute approximate surface area is 86.6 Å². The molecule has 0 spiro atoms. The standard InChI is InChI=1S/C13H19N/c1-11(2)7-8-12-5-3-4-6-13(12)9-10-14/h3-6H,1,7-10,14H2,2H3. The molecule has 14 heavy (non-hydrogen) atoms. The highest BCUT2D eigenvalue weighted by molar-refractivity contribution is 5.28. The van der Waals surface area contributed by atoms with Crippen molar-refractivity contribution in [1.29, 1.82) is 0 Å². The van der Waals surface area contributed by atoms with Crippen molar-refractivity contribution in [1.82, 2.24) is 0 Å². The molecule has 0 bridgehead atoms. The van der Waals surface area contributed by atoms with Crippen molar-refractivity contribution in [2.45, 2.75) is 26.2 Å². The molecular weight excluding hydrogens is 170 g/mol. The topological polar surface area (TPSA) is 26.0 Å². The Hall–Kier alpha value is -1.08. The van der Waals surface area contributed by atoms with Gasteiger partial charge in [-0.15, -0.1) is 6.58 Å². The van der Waals surface area contributed by atoms with Gasteiger partial charge in [0.25, 0.3) is 0 Å². The number of benzene rings is 1. The first kappa shape index (κ1) is 11.0. The van der Waals surface area contributed by atoms with Gasteiger partial charge < -0.3 is 5.73 Å². The van der Waals surface area contributed by atoms with Crippen LogP contribution in [0.3, 0.4) is 0 Å². The molecule has 0 saturated carbocycles. The third-order valence-electron chi connectivity index (χ3n) is 2.35. The van der Waals surface area contributed by atoms with Crippen LogP contribution in [0, 0.1) is 0 Å². The molecule has 0 saturated heterocycles. The van der Waals surface area contributed by atoms with Crippen LogP contribution in [0.15, 0.2) is 36.4 Å². The van der Waals surface area contributed by atoms with Crippen LogP contribution in [0.5, 0.6) is 0 Å². The van der Waals surface area contributed by atoms with Crippen LogP contribution in [0.1, 0.15) is 24.5 Å². The van der Waals surface area contributed by atoms with Crippen molar-refractivity contribution >= 4 is 0 Å². The van der Waals surface area contributed by atoms with Gasteiger partial charge in [-0.2, -0.15) is 0 Å². The van der Waals surface area contributed by atoms with E-state index in [2.05, 4.69) is 37.8 Å². The fourth-order valence-corrected chi connectivity index (χ4v) is 1.55. The molecule has 0 amide bonds. The summed E-state index contributed by atoms with van der Waals surface area (Å²) in [6, 6.07) is 8.53. The van der Waals surface area contributed by atoms with Gasteiger partial charge in [-0.05, 0) is 43.9 Å². The largest absolute Gasteiger partial charge is 0.330 e. The van der Waals surface area contributed by atoms with Crippen LogP contribution in [0.2, 0.25) is 0 Å². The summed E-state index contributed by atoms with van der Waals surface area (Å²) in [5, 5.41) is 0. The fourth-order valence-electron chi connectivity index (χ4n) is 1.55. The van der Waals surface area contributed by atoms with Crippen LogP contribution in [-0.2, 0) is 12.8 Å². The Morgan fingerprint density at radius 3 is 2.29 bits per heavy atom. The lowest BCUT2D eigenvalue weighted by molar-refractivity contribution is 0.893. The number of allylic oxidation sites excluding steroid dienone is 1. The quantitative estimate of drug-likeness (QED) is 0.708. The average molecular weight is 189 g/mol. The summed E-state index contributed by atoms with van der Waals surface area (Å²) in [6.45, 7) is 6.72. The summed E-state index contributed by atoms with van der Waals surface area (Å²) in [7, 11) is 0. The Bertz CT molecular complexity index is 302. The summed E-state index contributed by atoms with van der Waals surface area (Å²) < 4.78 is 0. The molecule has 0 aliphatic carbocycles. The van der Waals surface area contributed by atoms with Crippen molar-refractivity contribution in [3.8, 4) is 0 Å². The van der Waals surface area contributed by atoms with Gasteiger partial charge in [0.2, 0.25) is 0 Å². The summed E-state index contributed by atoms with van der Waals surface area (Å²) in [5.41, 5.74) is 9.61. The third kappa shape index (κ3) is 3.35. The van der Waals surface area contributed by atoms with Crippen LogP contribution in [-0.4, -0.2) is 6.54 Å².